The second kappa shape index (κ2) is 14.6. The van der Waals surface area contributed by atoms with Crippen molar-refractivity contribution in [2.75, 3.05) is 50.8 Å². The Morgan fingerprint density at radius 3 is 2.57 bits per heavy atom. The number of halogens is 4. The SMILES string of the molecule is CCOC(=O)CCN1CCN(c2cnc(C(=O)NC3NC(c4cc(F)cc(C(F)(F)F)c4)=C(CN4CCCC4C)S3)cn2)C(C)C1. The highest BCUT2D eigenvalue weighted by molar-refractivity contribution is 8.04. The summed E-state index contributed by atoms with van der Waals surface area (Å²) in [4.78, 5) is 41.0. The molecule has 46 heavy (non-hydrogen) atoms. The highest BCUT2D eigenvalue weighted by atomic mass is 32.2. The van der Waals surface area contributed by atoms with Gasteiger partial charge in [-0.05, 0) is 58.4 Å². The summed E-state index contributed by atoms with van der Waals surface area (Å²) >= 11 is 1.28. The molecule has 3 unspecified atom stereocenters. The Hall–Kier alpha value is -3.43. The molecule has 2 saturated heterocycles. The number of rotatable bonds is 10. The lowest BCUT2D eigenvalue weighted by Crippen LogP contribution is -2.52. The molecule has 4 heterocycles. The highest BCUT2D eigenvalue weighted by Crippen LogP contribution is 2.39. The molecule has 0 radical (unpaired) electrons. The van der Waals surface area contributed by atoms with Crippen molar-refractivity contribution in [1.82, 2.24) is 30.4 Å². The molecule has 5 rings (SSSR count). The molecule has 3 aliphatic rings. The van der Waals surface area contributed by atoms with E-state index in [0.717, 1.165) is 49.5 Å². The average Bonchev–Trinajstić information content (AvgIpc) is 3.60. The summed E-state index contributed by atoms with van der Waals surface area (Å²) in [6, 6.07) is 2.87. The molecule has 2 fully saturated rings. The van der Waals surface area contributed by atoms with Crippen molar-refractivity contribution in [1.29, 1.82) is 0 Å². The molecule has 1 aromatic heterocycles. The average molecular weight is 666 g/mol. The molecule has 2 aromatic rings. The second-order valence-electron chi connectivity index (χ2n) is 11.8. The number of ether oxygens (including phenoxy) is 1. The molecule has 3 atom stereocenters. The minimum absolute atomic E-state index is 0.0673. The summed E-state index contributed by atoms with van der Waals surface area (Å²) in [6.07, 6.45) is 0.597. The van der Waals surface area contributed by atoms with Gasteiger partial charge < -0.3 is 20.3 Å². The van der Waals surface area contributed by atoms with Gasteiger partial charge in [0.05, 0.1) is 36.7 Å². The molecular formula is C31H39F4N7O3S. The highest BCUT2D eigenvalue weighted by Gasteiger charge is 2.35. The van der Waals surface area contributed by atoms with E-state index < -0.39 is 29.0 Å². The summed E-state index contributed by atoms with van der Waals surface area (Å²) in [6.45, 7) is 10.4. The van der Waals surface area contributed by atoms with Crippen LogP contribution in [0, 0.1) is 5.82 Å². The summed E-state index contributed by atoms with van der Waals surface area (Å²) in [5.41, 5.74) is -1.28. The largest absolute Gasteiger partial charge is 0.466 e. The van der Waals surface area contributed by atoms with Crippen molar-refractivity contribution >= 4 is 35.2 Å². The monoisotopic (exact) mass is 665 g/mol. The van der Waals surface area contributed by atoms with Gasteiger partial charge in [-0.2, -0.15) is 13.2 Å². The molecule has 0 bridgehead atoms. The van der Waals surface area contributed by atoms with Gasteiger partial charge in [-0.15, -0.1) is 0 Å². The Bertz CT molecular complexity index is 1440. The van der Waals surface area contributed by atoms with Crippen molar-refractivity contribution in [2.24, 2.45) is 0 Å². The fraction of sp³-hybridized carbons (Fsp3) is 0.548. The lowest BCUT2D eigenvalue weighted by atomic mass is 10.1. The number of aromatic nitrogens is 2. The number of esters is 1. The minimum atomic E-state index is -4.71. The molecule has 1 amide bonds. The van der Waals surface area contributed by atoms with Crippen LogP contribution in [0.25, 0.3) is 5.70 Å². The zero-order chi connectivity index (χ0) is 33.0. The van der Waals surface area contributed by atoms with Gasteiger partial charge in [0.2, 0.25) is 0 Å². The van der Waals surface area contributed by atoms with Gasteiger partial charge in [-0.25, -0.2) is 14.4 Å². The first kappa shape index (κ1) is 33.9. The van der Waals surface area contributed by atoms with E-state index in [-0.39, 0.29) is 23.3 Å². The van der Waals surface area contributed by atoms with Gasteiger partial charge in [0.25, 0.3) is 5.91 Å². The number of anilines is 1. The number of thioether (sulfide) groups is 1. The third kappa shape index (κ3) is 8.28. The van der Waals surface area contributed by atoms with Crippen molar-refractivity contribution < 1.29 is 31.9 Å². The molecule has 10 nitrogen and oxygen atoms in total. The summed E-state index contributed by atoms with van der Waals surface area (Å²) < 4.78 is 59.9. The van der Waals surface area contributed by atoms with E-state index in [1.165, 1.54) is 18.0 Å². The van der Waals surface area contributed by atoms with Crippen LogP contribution in [0.2, 0.25) is 0 Å². The quantitative estimate of drug-likeness (QED) is 0.282. The van der Waals surface area contributed by atoms with E-state index >= 15 is 0 Å². The van der Waals surface area contributed by atoms with E-state index in [1.807, 2.05) is 0 Å². The van der Waals surface area contributed by atoms with E-state index in [1.54, 1.807) is 13.1 Å². The molecule has 250 valence electrons. The van der Waals surface area contributed by atoms with Crippen LogP contribution in [0.4, 0.5) is 23.4 Å². The predicted molar refractivity (Wildman–Crippen MR) is 167 cm³/mol. The van der Waals surface area contributed by atoms with E-state index in [4.69, 9.17) is 4.74 Å². The van der Waals surface area contributed by atoms with Gasteiger partial charge in [-0.1, -0.05) is 11.8 Å². The number of carbonyl (C=O) groups is 2. The summed E-state index contributed by atoms with van der Waals surface area (Å²) in [5.74, 6) is -1.09. The van der Waals surface area contributed by atoms with Crippen molar-refractivity contribution in [2.45, 2.75) is 63.8 Å². The van der Waals surface area contributed by atoms with Crippen LogP contribution < -0.4 is 15.5 Å². The first-order chi connectivity index (χ1) is 21.9. The Balaban J connectivity index is 1.23. The standard InChI is InChI=1S/C31H39F4N7O3S/c1-4-45-27(43)7-9-40-10-11-42(20(3)17-40)26-16-36-24(15-37-26)29(44)39-30-38-28(25(46-30)18-41-8-5-6-19(41)2)21-12-22(31(33,34)35)14-23(32)13-21/h12-16,19-20,30,38H,4-11,17-18H2,1-3H3,(H,39,44). The summed E-state index contributed by atoms with van der Waals surface area (Å²) in [7, 11) is 0. The van der Waals surface area contributed by atoms with Crippen molar-refractivity contribution in [3.05, 3.63) is 58.1 Å². The van der Waals surface area contributed by atoms with Crippen LogP contribution >= 0.6 is 11.8 Å². The van der Waals surface area contributed by atoms with Gasteiger partial charge in [-0.3, -0.25) is 19.4 Å². The maximum atomic E-state index is 14.4. The Morgan fingerprint density at radius 1 is 1.11 bits per heavy atom. The van der Waals surface area contributed by atoms with Crippen LogP contribution in [0.15, 0.2) is 35.5 Å². The molecular weight excluding hydrogens is 626 g/mol. The molecule has 3 aliphatic heterocycles. The Labute approximate surface area is 269 Å². The second-order valence-corrected chi connectivity index (χ2v) is 13.0. The lowest BCUT2D eigenvalue weighted by molar-refractivity contribution is -0.143. The number of hydrogen-bond donors (Lipinski definition) is 2. The van der Waals surface area contributed by atoms with Crippen molar-refractivity contribution in [3.63, 3.8) is 0 Å². The number of nitrogens with one attached hydrogen (secondary N) is 2. The Kier molecular flexibility index (Phi) is 10.7. The number of amides is 1. The fourth-order valence-corrected chi connectivity index (χ4v) is 7.18. The maximum Gasteiger partial charge on any atom is 0.416 e. The third-order valence-corrected chi connectivity index (χ3v) is 9.53. The topological polar surface area (TPSA) is 103 Å². The number of likely N-dealkylation sites (tertiary alicyclic amines) is 1. The van der Waals surface area contributed by atoms with E-state index in [0.29, 0.717) is 56.3 Å². The number of hydrogen-bond acceptors (Lipinski definition) is 10. The van der Waals surface area contributed by atoms with Gasteiger partial charge in [0.15, 0.2) is 5.50 Å². The Morgan fingerprint density at radius 2 is 1.91 bits per heavy atom. The van der Waals surface area contributed by atoms with Crippen molar-refractivity contribution in [3.8, 4) is 0 Å². The summed E-state index contributed by atoms with van der Waals surface area (Å²) in [5, 5.41) is 5.95. The molecule has 0 spiro atoms. The normalized spacial score (nSPS) is 22.7. The van der Waals surface area contributed by atoms with Crippen LogP contribution in [-0.4, -0.2) is 95.1 Å². The zero-order valence-electron chi connectivity index (χ0n) is 26.1. The first-order valence-corrected chi connectivity index (χ1v) is 16.3. The van der Waals surface area contributed by atoms with Crippen LogP contribution in [0.1, 0.15) is 61.6 Å². The van der Waals surface area contributed by atoms with Gasteiger partial charge in [0, 0.05) is 55.3 Å². The number of nitrogens with zero attached hydrogens (tertiary/aromatic N) is 5. The van der Waals surface area contributed by atoms with E-state index in [9.17, 15) is 27.2 Å². The number of piperazine rings is 1. The van der Waals surface area contributed by atoms with Crippen LogP contribution in [-0.2, 0) is 15.7 Å². The van der Waals surface area contributed by atoms with Gasteiger partial charge in [0.1, 0.15) is 17.3 Å². The van der Waals surface area contributed by atoms with E-state index in [2.05, 4.69) is 49.1 Å². The number of carbonyl (C=O) groups excluding carboxylic acids is 2. The number of benzene rings is 1. The maximum absolute atomic E-state index is 14.4. The smallest absolute Gasteiger partial charge is 0.416 e. The van der Waals surface area contributed by atoms with Gasteiger partial charge >= 0.3 is 12.1 Å². The molecule has 2 N–H and O–H groups in total. The lowest BCUT2D eigenvalue weighted by Gasteiger charge is -2.40. The predicted octanol–water partition coefficient (Wildman–Crippen LogP) is 4.30. The minimum Gasteiger partial charge on any atom is -0.466 e. The molecule has 1 aromatic carbocycles. The number of alkyl halides is 3. The zero-order valence-corrected chi connectivity index (χ0v) is 26.9. The molecule has 0 saturated carbocycles. The third-order valence-electron chi connectivity index (χ3n) is 8.44. The fourth-order valence-electron chi connectivity index (χ4n) is 6.02. The molecule has 15 heteroatoms. The van der Waals surface area contributed by atoms with Crippen LogP contribution in [0.3, 0.4) is 0 Å². The van der Waals surface area contributed by atoms with Crippen LogP contribution in [0.5, 0.6) is 0 Å². The first-order valence-electron chi connectivity index (χ1n) is 15.5. The molecule has 0 aliphatic carbocycles.